The minimum absolute atomic E-state index is 0.0786. The van der Waals surface area contributed by atoms with Gasteiger partial charge >= 0.3 is 5.82 Å². The van der Waals surface area contributed by atoms with Gasteiger partial charge in [0.2, 0.25) is 5.91 Å². The highest BCUT2D eigenvalue weighted by atomic mass is 79.9. The number of amides is 1. The Morgan fingerprint density at radius 3 is 2.95 bits per heavy atom. The van der Waals surface area contributed by atoms with Crippen LogP contribution < -0.4 is 10.1 Å². The smallest absolute Gasteiger partial charge is 0.389 e. The second-order valence-electron chi connectivity index (χ2n) is 4.28. The van der Waals surface area contributed by atoms with E-state index in [1.54, 1.807) is 0 Å². The number of carbonyl (C=O) groups excluding carboxylic acids is 1. The van der Waals surface area contributed by atoms with E-state index in [2.05, 4.69) is 26.3 Å². The average molecular weight is 369 g/mol. The summed E-state index contributed by atoms with van der Waals surface area (Å²) in [5, 5.41) is 16.8. The van der Waals surface area contributed by atoms with Gasteiger partial charge in [-0.15, -0.1) is 0 Å². The van der Waals surface area contributed by atoms with E-state index in [1.807, 2.05) is 24.3 Å². The van der Waals surface area contributed by atoms with Crippen LogP contribution in [0.15, 0.2) is 41.0 Å². The van der Waals surface area contributed by atoms with E-state index >= 15 is 0 Å². The van der Waals surface area contributed by atoms with Crippen molar-refractivity contribution in [2.24, 2.45) is 0 Å². The van der Waals surface area contributed by atoms with Crippen LogP contribution in [0.1, 0.15) is 0 Å². The summed E-state index contributed by atoms with van der Waals surface area (Å²) in [4.78, 5) is 21.5. The number of aromatic nitrogens is 2. The first-order valence-electron chi connectivity index (χ1n) is 6.37. The summed E-state index contributed by atoms with van der Waals surface area (Å²) in [6, 6.07) is 8.62. The largest absolute Gasteiger partial charge is 0.492 e. The summed E-state index contributed by atoms with van der Waals surface area (Å²) in [7, 11) is 0. The third-order valence-corrected chi connectivity index (χ3v) is 3.10. The molecule has 0 saturated heterocycles. The van der Waals surface area contributed by atoms with Crippen molar-refractivity contribution < 1.29 is 14.5 Å². The molecule has 1 heterocycles. The van der Waals surface area contributed by atoms with Gasteiger partial charge in [-0.05, 0) is 23.1 Å². The van der Waals surface area contributed by atoms with E-state index in [9.17, 15) is 14.9 Å². The van der Waals surface area contributed by atoms with E-state index < -0.39 is 4.92 Å². The third-order valence-electron chi connectivity index (χ3n) is 2.61. The lowest BCUT2D eigenvalue weighted by atomic mass is 10.3. The molecule has 0 spiro atoms. The van der Waals surface area contributed by atoms with Crippen LogP contribution >= 0.6 is 15.9 Å². The number of halogens is 1. The van der Waals surface area contributed by atoms with Crippen LogP contribution in [0.25, 0.3) is 0 Å². The van der Waals surface area contributed by atoms with Gasteiger partial charge < -0.3 is 20.2 Å². The van der Waals surface area contributed by atoms with Crippen molar-refractivity contribution in [1.82, 2.24) is 15.1 Å². The number of benzene rings is 1. The standard InChI is InChI=1S/C13H13BrN4O4/c14-10-2-1-3-11(8-10)22-7-5-15-13(19)9-17-6-4-12(16-17)18(20)21/h1-4,6,8H,5,7,9H2,(H,15,19). The van der Waals surface area contributed by atoms with Gasteiger partial charge in [-0.2, -0.15) is 4.68 Å². The van der Waals surface area contributed by atoms with Crippen LogP contribution in [0.2, 0.25) is 0 Å². The molecule has 8 nitrogen and oxygen atoms in total. The molecule has 116 valence electrons. The number of rotatable bonds is 7. The van der Waals surface area contributed by atoms with Gasteiger partial charge in [0.15, 0.2) is 0 Å². The zero-order chi connectivity index (χ0) is 15.9. The van der Waals surface area contributed by atoms with Crippen molar-refractivity contribution in [3.8, 4) is 5.75 Å². The maximum atomic E-state index is 11.7. The second kappa shape index (κ2) is 7.55. The normalized spacial score (nSPS) is 10.2. The highest BCUT2D eigenvalue weighted by Crippen LogP contribution is 2.17. The first-order chi connectivity index (χ1) is 10.5. The molecule has 1 amide bonds. The fourth-order valence-corrected chi connectivity index (χ4v) is 2.03. The maximum absolute atomic E-state index is 11.7. The Bertz CT molecular complexity index is 674. The van der Waals surface area contributed by atoms with Crippen LogP contribution in [-0.2, 0) is 11.3 Å². The summed E-state index contributed by atoms with van der Waals surface area (Å²) in [5.74, 6) is 0.118. The van der Waals surface area contributed by atoms with E-state index in [4.69, 9.17) is 4.74 Å². The lowest BCUT2D eigenvalue weighted by Gasteiger charge is -2.07. The van der Waals surface area contributed by atoms with Gasteiger partial charge in [-0.25, -0.2) is 0 Å². The number of hydrogen-bond donors (Lipinski definition) is 1. The van der Waals surface area contributed by atoms with Crippen LogP contribution in [-0.4, -0.2) is 33.8 Å². The molecule has 0 unspecified atom stereocenters. The number of ether oxygens (including phenoxy) is 1. The Balaban J connectivity index is 1.70. The molecule has 0 aliphatic rings. The van der Waals surface area contributed by atoms with Crippen molar-refractivity contribution in [2.75, 3.05) is 13.2 Å². The lowest BCUT2D eigenvalue weighted by molar-refractivity contribution is -0.389. The fourth-order valence-electron chi connectivity index (χ4n) is 1.66. The van der Waals surface area contributed by atoms with Crippen molar-refractivity contribution in [3.05, 3.63) is 51.1 Å². The summed E-state index contributed by atoms with van der Waals surface area (Å²) in [5.41, 5.74) is 0. The lowest BCUT2D eigenvalue weighted by Crippen LogP contribution is -2.31. The molecule has 2 aromatic rings. The monoisotopic (exact) mass is 368 g/mol. The Morgan fingerprint density at radius 1 is 1.45 bits per heavy atom. The molecule has 0 aliphatic carbocycles. The molecule has 22 heavy (non-hydrogen) atoms. The third kappa shape index (κ3) is 4.85. The molecular formula is C13H13BrN4O4. The predicted molar refractivity (Wildman–Crippen MR) is 81.5 cm³/mol. The molecule has 0 radical (unpaired) electrons. The molecule has 1 N–H and O–H groups in total. The summed E-state index contributed by atoms with van der Waals surface area (Å²) >= 11 is 3.34. The first kappa shape index (κ1) is 16.0. The Hall–Kier alpha value is -2.42. The molecule has 0 bridgehead atoms. The molecule has 0 atom stereocenters. The number of nitrogens with zero attached hydrogens (tertiary/aromatic N) is 3. The van der Waals surface area contributed by atoms with Gasteiger partial charge in [0.05, 0.1) is 23.9 Å². The Labute approximate surface area is 134 Å². The van der Waals surface area contributed by atoms with Gasteiger partial charge in [0, 0.05) is 4.47 Å². The number of carbonyl (C=O) groups is 1. The van der Waals surface area contributed by atoms with E-state index in [0.29, 0.717) is 18.9 Å². The van der Waals surface area contributed by atoms with Crippen LogP contribution in [0.4, 0.5) is 5.82 Å². The predicted octanol–water partition coefficient (Wildman–Crippen LogP) is 1.75. The Kier molecular flexibility index (Phi) is 5.48. The topological polar surface area (TPSA) is 99.3 Å². The van der Waals surface area contributed by atoms with Crippen molar-refractivity contribution in [1.29, 1.82) is 0 Å². The number of nitrogens with one attached hydrogen (secondary N) is 1. The number of hydrogen-bond acceptors (Lipinski definition) is 5. The van der Waals surface area contributed by atoms with Gasteiger partial charge in [0.25, 0.3) is 0 Å². The highest BCUT2D eigenvalue weighted by molar-refractivity contribution is 9.10. The van der Waals surface area contributed by atoms with Crippen molar-refractivity contribution >= 4 is 27.7 Å². The number of nitro groups is 1. The van der Waals surface area contributed by atoms with Crippen LogP contribution in [0.5, 0.6) is 5.75 Å². The van der Waals surface area contributed by atoms with Crippen molar-refractivity contribution in [3.63, 3.8) is 0 Å². The minimum Gasteiger partial charge on any atom is -0.492 e. The quantitative estimate of drug-likeness (QED) is 0.455. The molecule has 1 aromatic heterocycles. The fraction of sp³-hybridized carbons (Fsp3) is 0.231. The molecule has 1 aromatic carbocycles. The minimum atomic E-state index is -0.611. The molecule has 0 fully saturated rings. The first-order valence-corrected chi connectivity index (χ1v) is 7.17. The van der Waals surface area contributed by atoms with E-state index in [-0.39, 0.29) is 18.3 Å². The summed E-state index contributed by atoms with van der Waals surface area (Å²) in [6.07, 6.45) is 1.38. The summed E-state index contributed by atoms with van der Waals surface area (Å²) < 4.78 is 7.59. The SMILES string of the molecule is O=C(Cn1ccc([N+](=O)[O-])n1)NCCOc1cccc(Br)c1. The van der Waals surface area contributed by atoms with Gasteiger partial charge in [-0.3, -0.25) is 4.79 Å². The zero-order valence-corrected chi connectivity index (χ0v) is 13.0. The molecule has 0 aliphatic heterocycles. The zero-order valence-electron chi connectivity index (χ0n) is 11.4. The van der Waals surface area contributed by atoms with Gasteiger partial charge in [-0.1, -0.05) is 22.0 Å². The molecule has 2 rings (SSSR count). The van der Waals surface area contributed by atoms with Crippen LogP contribution in [0, 0.1) is 10.1 Å². The average Bonchev–Trinajstić information content (AvgIpc) is 2.92. The summed E-state index contributed by atoms with van der Waals surface area (Å²) in [6.45, 7) is 0.570. The van der Waals surface area contributed by atoms with Crippen molar-refractivity contribution in [2.45, 2.75) is 6.54 Å². The molecule has 9 heteroatoms. The second-order valence-corrected chi connectivity index (χ2v) is 5.20. The molecular weight excluding hydrogens is 356 g/mol. The Morgan fingerprint density at radius 2 is 2.27 bits per heavy atom. The van der Waals surface area contributed by atoms with Crippen LogP contribution in [0.3, 0.4) is 0 Å². The highest BCUT2D eigenvalue weighted by Gasteiger charge is 2.12. The van der Waals surface area contributed by atoms with E-state index in [1.165, 1.54) is 16.9 Å². The van der Waals surface area contributed by atoms with Gasteiger partial charge in [0.1, 0.15) is 18.9 Å². The van der Waals surface area contributed by atoms with E-state index in [0.717, 1.165) is 4.47 Å². The maximum Gasteiger partial charge on any atom is 0.389 e. The molecule has 0 saturated carbocycles.